The van der Waals surface area contributed by atoms with Crippen LogP contribution in [0.1, 0.15) is 19.3 Å². The van der Waals surface area contributed by atoms with Gasteiger partial charge < -0.3 is 20.4 Å². The fourth-order valence-electron chi connectivity index (χ4n) is 2.70. The Kier molecular flexibility index (Phi) is 4.90. The van der Waals surface area contributed by atoms with Crippen molar-refractivity contribution >= 4 is 17.0 Å². The van der Waals surface area contributed by atoms with Gasteiger partial charge in [-0.1, -0.05) is 12.1 Å². The molecule has 1 fully saturated rings. The van der Waals surface area contributed by atoms with Crippen LogP contribution in [0.2, 0.25) is 0 Å². The summed E-state index contributed by atoms with van der Waals surface area (Å²) in [5.41, 5.74) is 8.07. The molecule has 6 heteroatoms. The summed E-state index contributed by atoms with van der Waals surface area (Å²) in [6.45, 7) is 3.22. The van der Waals surface area contributed by atoms with Crippen LogP contribution >= 0.6 is 0 Å². The number of ether oxygens (including phenoxy) is 1. The molecule has 0 spiro atoms. The molecule has 0 radical (unpaired) electrons. The van der Waals surface area contributed by atoms with Gasteiger partial charge in [-0.15, -0.1) is 0 Å². The maximum Gasteiger partial charge on any atom is 0.188 e. The van der Waals surface area contributed by atoms with Gasteiger partial charge in [0, 0.05) is 19.7 Å². The molecule has 1 aliphatic heterocycles. The first-order valence-electron chi connectivity index (χ1n) is 7.88. The maximum atomic E-state index is 5.87. The Balaban J connectivity index is 1.40. The number of benzene rings is 1. The summed E-state index contributed by atoms with van der Waals surface area (Å²) in [6, 6.07) is 8.16. The molecule has 1 unspecified atom stereocenters. The van der Waals surface area contributed by atoms with Crippen molar-refractivity contribution < 1.29 is 4.74 Å². The first-order valence-corrected chi connectivity index (χ1v) is 7.88. The van der Waals surface area contributed by atoms with E-state index >= 15 is 0 Å². The topological polar surface area (TPSA) is 77.5 Å². The van der Waals surface area contributed by atoms with E-state index in [0.717, 1.165) is 44.5 Å². The second-order valence-corrected chi connectivity index (χ2v) is 5.57. The minimum Gasteiger partial charge on any atom is -0.376 e. The van der Waals surface area contributed by atoms with Crippen LogP contribution in [0.25, 0.3) is 11.0 Å². The van der Waals surface area contributed by atoms with Gasteiger partial charge in [-0.25, -0.2) is 4.98 Å². The Morgan fingerprint density at radius 1 is 1.45 bits per heavy atom. The number of hydrogen-bond acceptors (Lipinski definition) is 3. The number of hydrogen-bond donors (Lipinski definition) is 2. The number of aliphatic imine (C=N–C) groups is 1. The van der Waals surface area contributed by atoms with Crippen molar-refractivity contribution in [2.45, 2.75) is 31.9 Å². The van der Waals surface area contributed by atoms with Crippen molar-refractivity contribution in [3.8, 4) is 0 Å². The van der Waals surface area contributed by atoms with Crippen LogP contribution in [0.5, 0.6) is 0 Å². The highest BCUT2D eigenvalue weighted by Gasteiger charge is 2.14. The normalized spacial score (nSPS) is 18.9. The van der Waals surface area contributed by atoms with Gasteiger partial charge in [0.2, 0.25) is 0 Å². The third-order valence-corrected chi connectivity index (χ3v) is 3.90. The van der Waals surface area contributed by atoms with Gasteiger partial charge in [-0.3, -0.25) is 4.99 Å². The largest absolute Gasteiger partial charge is 0.376 e. The number of guanidine groups is 1. The molecule has 0 aliphatic carbocycles. The first-order chi connectivity index (χ1) is 10.8. The lowest BCUT2D eigenvalue weighted by molar-refractivity contribution is 0.118. The molecular weight excluding hydrogens is 278 g/mol. The molecule has 1 aliphatic rings. The maximum absolute atomic E-state index is 5.87. The number of nitrogens with one attached hydrogen (secondary N) is 1. The van der Waals surface area contributed by atoms with E-state index in [0.29, 0.717) is 12.5 Å². The molecule has 3 N–H and O–H groups in total. The fourth-order valence-corrected chi connectivity index (χ4v) is 2.70. The molecule has 0 amide bonds. The summed E-state index contributed by atoms with van der Waals surface area (Å²) < 4.78 is 7.68. The van der Waals surface area contributed by atoms with Crippen LogP contribution in [-0.2, 0) is 11.3 Å². The number of nitrogens with zero attached hydrogens (tertiary/aromatic N) is 3. The van der Waals surface area contributed by atoms with Crippen LogP contribution < -0.4 is 11.1 Å². The average Bonchev–Trinajstić information content (AvgIpc) is 3.19. The van der Waals surface area contributed by atoms with E-state index in [9.17, 15) is 0 Å². The molecule has 6 nitrogen and oxygen atoms in total. The molecular formula is C16H23N5O. The highest BCUT2D eigenvalue weighted by atomic mass is 16.5. The van der Waals surface area contributed by atoms with Crippen LogP contribution in [0.15, 0.2) is 35.6 Å². The summed E-state index contributed by atoms with van der Waals surface area (Å²) in [7, 11) is 0. The minimum atomic E-state index is 0.248. The molecule has 22 heavy (non-hydrogen) atoms. The number of fused-ring (bicyclic) bond motifs is 1. The summed E-state index contributed by atoms with van der Waals surface area (Å²) in [5, 5.41) is 3.16. The van der Waals surface area contributed by atoms with Crippen molar-refractivity contribution in [2.75, 3.05) is 19.7 Å². The molecule has 2 heterocycles. The number of para-hydroxylation sites is 2. The average molecular weight is 301 g/mol. The lowest BCUT2D eigenvalue weighted by atomic mass is 10.2. The number of nitrogens with two attached hydrogens (primary N) is 1. The van der Waals surface area contributed by atoms with E-state index in [1.54, 1.807) is 0 Å². The lowest BCUT2D eigenvalue weighted by Crippen LogP contribution is -2.33. The highest BCUT2D eigenvalue weighted by molar-refractivity contribution is 5.77. The van der Waals surface area contributed by atoms with Gasteiger partial charge in [-0.2, -0.15) is 0 Å². The van der Waals surface area contributed by atoms with Gasteiger partial charge in [-0.05, 0) is 31.4 Å². The summed E-state index contributed by atoms with van der Waals surface area (Å²) in [4.78, 5) is 8.72. The third-order valence-electron chi connectivity index (χ3n) is 3.90. The molecule has 1 saturated heterocycles. The lowest BCUT2D eigenvalue weighted by Gasteiger charge is -2.09. The standard InChI is InChI=1S/C16H23N5O/c17-16(19-11-13-5-3-10-22-13)18-8-4-9-21-12-20-14-6-1-2-7-15(14)21/h1-2,6-7,12-13H,3-5,8-11H2,(H3,17,18,19). The van der Waals surface area contributed by atoms with E-state index in [4.69, 9.17) is 10.5 Å². The number of aryl methyl sites for hydroxylation is 1. The van der Waals surface area contributed by atoms with Crippen molar-refractivity contribution in [3.63, 3.8) is 0 Å². The Bertz CT molecular complexity index is 630. The van der Waals surface area contributed by atoms with E-state index in [1.807, 2.05) is 24.5 Å². The van der Waals surface area contributed by atoms with Crippen LogP contribution in [0.3, 0.4) is 0 Å². The molecule has 0 saturated carbocycles. The van der Waals surface area contributed by atoms with E-state index in [2.05, 4.69) is 25.9 Å². The predicted molar refractivity (Wildman–Crippen MR) is 87.8 cm³/mol. The number of rotatable bonds is 6. The third kappa shape index (κ3) is 3.76. The minimum absolute atomic E-state index is 0.248. The zero-order valence-corrected chi connectivity index (χ0v) is 12.7. The summed E-state index contributed by atoms with van der Waals surface area (Å²) in [6.07, 6.45) is 5.32. The van der Waals surface area contributed by atoms with Gasteiger partial charge >= 0.3 is 0 Å². The van der Waals surface area contributed by atoms with Crippen molar-refractivity contribution in [1.82, 2.24) is 14.9 Å². The number of imidazole rings is 1. The second-order valence-electron chi connectivity index (χ2n) is 5.57. The zero-order chi connectivity index (χ0) is 15.2. The Morgan fingerprint density at radius 3 is 3.23 bits per heavy atom. The molecule has 2 aromatic rings. The van der Waals surface area contributed by atoms with Gasteiger partial charge in [0.25, 0.3) is 0 Å². The molecule has 1 aromatic carbocycles. The van der Waals surface area contributed by atoms with Crippen LogP contribution in [0, 0.1) is 0 Å². The fraction of sp³-hybridized carbons (Fsp3) is 0.500. The van der Waals surface area contributed by atoms with Crippen molar-refractivity contribution in [2.24, 2.45) is 10.7 Å². The summed E-state index contributed by atoms with van der Waals surface area (Å²) >= 11 is 0. The number of aromatic nitrogens is 2. The van der Waals surface area contributed by atoms with Crippen LogP contribution in [0.4, 0.5) is 0 Å². The molecule has 1 aromatic heterocycles. The molecule has 3 rings (SSSR count). The Morgan fingerprint density at radius 2 is 2.36 bits per heavy atom. The quantitative estimate of drug-likeness (QED) is 0.482. The first kappa shape index (κ1) is 14.8. The molecule has 1 atom stereocenters. The molecule has 0 bridgehead atoms. The van der Waals surface area contributed by atoms with Crippen LogP contribution in [-0.4, -0.2) is 41.3 Å². The smallest absolute Gasteiger partial charge is 0.188 e. The van der Waals surface area contributed by atoms with E-state index in [1.165, 1.54) is 5.52 Å². The predicted octanol–water partition coefficient (Wildman–Crippen LogP) is 1.51. The van der Waals surface area contributed by atoms with Gasteiger partial charge in [0.05, 0.1) is 30.0 Å². The van der Waals surface area contributed by atoms with E-state index in [-0.39, 0.29) is 6.10 Å². The Hall–Kier alpha value is -2.08. The SMILES string of the molecule is NC(=NCC1CCCO1)NCCCn1cnc2ccccc21. The summed E-state index contributed by atoms with van der Waals surface area (Å²) in [5.74, 6) is 0.506. The Labute approximate surface area is 130 Å². The van der Waals surface area contributed by atoms with Gasteiger partial charge in [0.15, 0.2) is 5.96 Å². The van der Waals surface area contributed by atoms with Crippen molar-refractivity contribution in [3.05, 3.63) is 30.6 Å². The molecule has 118 valence electrons. The zero-order valence-electron chi connectivity index (χ0n) is 12.7. The second kappa shape index (κ2) is 7.26. The van der Waals surface area contributed by atoms with Crippen molar-refractivity contribution in [1.29, 1.82) is 0 Å². The highest BCUT2D eigenvalue weighted by Crippen LogP contribution is 2.12. The monoisotopic (exact) mass is 301 g/mol. The van der Waals surface area contributed by atoms with Gasteiger partial charge in [0.1, 0.15) is 0 Å². The van der Waals surface area contributed by atoms with E-state index < -0.39 is 0 Å².